The first-order valence-electron chi connectivity index (χ1n) is 8.21. The molecular formula is C18H18BrFN2O3S. The van der Waals surface area contributed by atoms with E-state index in [2.05, 4.69) is 21.2 Å². The van der Waals surface area contributed by atoms with Crippen molar-refractivity contribution in [3.63, 3.8) is 0 Å². The molecule has 5 nitrogen and oxygen atoms in total. The Labute approximate surface area is 160 Å². The second-order valence-electron chi connectivity index (χ2n) is 6.03. The van der Waals surface area contributed by atoms with E-state index in [0.717, 1.165) is 12.8 Å². The lowest BCUT2D eigenvalue weighted by Crippen LogP contribution is -2.28. The first-order valence-corrected chi connectivity index (χ1v) is 10.4. The van der Waals surface area contributed by atoms with Gasteiger partial charge in [-0.05, 0) is 53.0 Å². The number of carbonyl (C=O) groups is 1. The molecule has 0 aromatic heterocycles. The molecule has 1 heterocycles. The molecule has 138 valence electrons. The molecule has 0 aliphatic carbocycles. The lowest BCUT2D eigenvalue weighted by Gasteiger charge is -2.16. The third-order valence-corrected chi connectivity index (χ3v) is 6.87. The Morgan fingerprint density at radius 3 is 2.54 bits per heavy atom. The maximum atomic E-state index is 13.7. The largest absolute Gasteiger partial charge is 0.348 e. The van der Waals surface area contributed by atoms with Gasteiger partial charge in [0.05, 0.1) is 10.5 Å². The van der Waals surface area contributed by atoms with Crippen LogP contribution in [0.3, 0.4) is 0 Å². The third kappa shape index (κ3) is 3.97. The fourth-order valence-electron chi connectivity index (χ4n) is 2.83. The summed E-state index contributed by atoms with van der Waals surface area (Å²) < 4.78 is 40.9. The van der Waals surface area contributed by atoms with Gasteiger partial charge in [0.15, 0.2) is 0 Å². The molecular weight excluding hydrogens is 423 g/mol. The van der Waals surface area contributed by atoms with Gasteiger partial charge in [-0.25, -0.2) is 12.8 Å². The molecule has 0 unspecified atom stereocenters. The molecule has 1 aliphatic rings. The van der Waals surface area contributed by atoms with Gasteiger partial charge >= 0.3 is 0 Å². The van der Waals surface area contributed by atoms with Crippen molar-refractivity contribution in [2.45, 2.75) is 24.3 Å². The fraction of sp³-hybridized carbons (Fsp3) is 0.278. The van der Waals surface area contributed by atoms with Crippen molar-refractivity contribution in [2.24, 2.45) is 0 Å². The van der Waals surface area contributed by atoms with Crippen LogP contribution in [0.5, 0.6) is 0 Å². The highest BCUT2D eigenvalue weighted by molar-refractivity contribution is 9.10. The predicted octanol–water partition coefficient (Wildman–Crippen LogP) is 3.30. The standard InChI is InChI=1S/C18H18BrFN2O3S/c19-16-8-7-14(26(24,25)22-9-3-4-10-22)11-15(16)18(23)21-12-13-5-1-2-6-17(13)20/h1-2,5-8,11H,3-4,9-10,12H2,(H,21,23). The van der Waals surface area contributed by atoms with E-state index in [1.54, 1.807) is 24.3 Å². The minimum Gasteiger partial charge on any atom is -0.348 e. The number of sulfonamides is 1. The molecule has 1 amide bonds. The average Bonchev–Trinajstić information content (AvgIpc) is 3.16. The Morgan fingerprint density at radius 2 is 1.85 bits per heavy atom. The second kappa shape index (κ2) is 7.85. The molecule has 3 rings (SSSR count). The van der Waals surface area contributed by atoms with Crippen molar-refractivity contribution in [3.8, 4) is 0 Å². The van der Waals surface area contributed by atoms with Crippen LogP contribution in [0.1, 0.15) is 28.8 Å². The van der Waals surface area contributed by atoms with Gasteiger partial charge in [-0.3, -0.25) is 4.79 Å². The highest BCUT2D eigenvalue weighted by Gasteiger charge is 2.28. The summed E-state index contributed by atoms with van der Waals surface area (Å²) in [5.74, 6) is -0.879. The van der Waals surface area contributed by atoms with E-state index in [1.807, 2.05) is 0 Å². The maximum Gasteiger partial charge on any atom is 0.252 e. The summed E-state index contributed by atoms with van der Waals surface area (Å²) >= 11 is 3.28. The number of carbonyl (C=O) groups excluding carboxylic acids is 1. The summed E-state index contributed by atoms with van der Waals surface area (Å²) in [6.07, 6.45) is 1.68. The van der Waals surface area contributed by atoms with Gasteiger partial charge in [-0.1, -0.05) is 18.2 Å². The van der Waals surface area contributed by atoms with Gasteiger partial charge in [-0.2, -0.15) is 4.31 Å². The van der Waals surface area contributed by atoms with E-state index < -0.39 is 21.7 Å². The minimum atomic E-state index is -3.61. The summed E-state index contributed by atoms with van der Waals surface area (Å²) in [6.45, 7) is 1.00. The van der Waals surface area contributed by atoms with Crippen molar-refractivity contribution in [1.82, 2.24) is 9.62 Å². The SMILES string of the molecule is O=C(NCc1ccccc1F)c1cc(S(=O)(=O)N2CCCC2)ccc1Br. The summed E-state index contributed by atoms with van der Waals surface area (Å²) in [5, 5.41) is 2.63. The average molecular weight is 441 g/mol. The Balaban J connectivity index is 1.81. The monoisotopic (exact) mass is 440 g/mol. The fourth-order valence-corrected chi connectivity index (χ4v) is 4.80. The van der Waals surface area contributed by atoms with Gasteiger partial charge in [0.1, 0.15) is 5.82 Å². The van der Waals surface area contributed by atoms with Crippen LogP contribution in [0.25, 0.3) is 0 Å². The van der Waals surface area contributed by atoms with Crippen LogP contribution >= 0.6 is 15.9 Å². The summed E-state index contributed by atoms with van der Waals surface area (Å²) in [4.78, 5) is 12.6. The number of benzene rings is 2. The molecule has 1 aliphatic heterocycles. The third-order valence-electron chi connectivity index (χ3n) is 4.28. The van der Waals surface area contributed by atoms with Crippen LogP contribution < -0.4 is 5.32 Å². The lowest BCUT2D eigenvalue weighted by atomic mass is 10.2. The Hall–Kier alpha value is -1.77. The first-order chi connectivity index (χ1) is 12.4. The maximum absolute atomic E-state index is 13.7. The number of hydrogen-bond acceptors (Lipinski definition) is 3. The normalized spacial score (nSPS) is 15.2. The van der Waals surface area contributed by atoms with Crippen molar-refractivity contribution >= 4 is 31.9 Å². The highest BCUT2D eigenvalue weighted by Crippen LogP contribution is 2.25. The van der Waals surface area contributed by atoms with Crippen molar-refractivity contribution in [2.75, 3.05) is 13.1 Å². The van der Waals surface area contributed by atoms with Crippen LogP contribution in [-0.2, 0) is 16.6 Å². The summed E-state index contributed by atoms with van der Waals surface area (Å²) in [7, 11) is -3.61. The molecule has 2 aromatic carbocycles. The molecule has 0 radical (unpaired) electrons. The number of amides is 1. The molecule has 2 aromatic rings. The molecule has 0 spiro atoms. The second-order valence-corrected chi connectivity index (χ2v) is 8.82. The molecule has 0 atom stereocenters. The molecule has 1 N–H and O–H groups in total. The van der Waals surface area contributed by atoms with E-state index in [-0.39, 0.29) is 17.0 Å². The van der Waals surface area contributed by atoms with Gasteiger partial charge in [0.25, 0.3) is 5.91 Å². The van der Waals surface area contributed by atoms with E-state index >= 15 is 0 Å². The number of rotatable bonds is 5. The van der Waals surface area contributed by atoms with Gasteiger partial charge in [0.2, 0.25) is 10.0 Å². The Bertz CT molecular complexity index is 928. The molecule has 26 heavy (non-hydrogen) atoms. The number of hydrogen-bond donors (Lipinski definition) is 1. The summed E-state index contributed by atoms with van der Waals surface area (Å²) in [6, 6.07) is 10.5. The van der Waals surface area contributed by atoms with Crippen LogP contribution in [0.4, 0.5) is 4.39 Å². The van der Waals surface area contributed by atoms with Crippen LogP contribution in [0.15, 0.2) is 51.8 Å². The summed E-state index contributed by atoms with van der Waals surface area (Å²) in [5.41, 5.74) is 0.555. The van der Waals surface area contributed by atoms with E-state index in [4.69, 9.17) is 0 Å². The quantitative estimate of drug-likeness (QED) is 0.775. The molecule has 1 fully saturated rings. The number of halogens is 2. The van der Waals surface area contributed by atoms with Gasteiger partial charge in [-0.15, -0.1) is 0 Å². The molecule has 1 saturated heterocycles. The molecule has 8 heteroatoms. The predicted molar refractivity (Wildman–Crippen MR) is 99.7 cm³/mol. The van der Waals surface area contributed by atoms with E-state index in [1.165, 1.54) is 22.5 Å². The highest BCUT2D eigenvalue weighted by atomic mass is 79.9. The van der Waals surface area contributed by atoms with Crippen LogP contribution in [0, 0.1) is 5.82 Å². The zero-order valence-corrected chi connectivity index (χ0v) is 16.3. The van der Waals surface area contributed by atoms with Crippen molar-refractivity contribution in [1.29, 1.82) is 0 Å². The molecule has 0 bridgehead atoms. The van der Waals surface area contributed by atoms with E-state index in [9.17, 15) is 17.6 Å². The zero-order valence-electron chi connectivity index (χ0n) is 13.9. The minimum absolute atomic E-state index is 0.0149. The first kappa shape index (κ1) is 19.0. The van der Waals surface area contributed by atoms with E-state index in [0.29, 0.717) is 23.1 Å². The lowest BCUT2D eigenvalue weighted by molar-refractivity contribution is 0.0949. The smallest absolute Gasteiger partial charge is 0.252 e. The van der Waals surface area contributed by atoms with Crippen molar-refractivity contribution in [3.05, 3.63) is 63.9 Å². The Morgan fingerprint density at radius 1 is 1.15 bits per heavy atom. The van der Waals surface area contributed by atoms with Crippen LogP contribution in [0.2, 0.25) is 0 Å². The number of nitrogens with one attached hydrogen (secondary N) is 1. The Kier molecular flexibility index (Phi) is 5.74. The molecule has 0 saturated carbocycles. The van der Waals surface area contributed by atoms with Gasteiger partial charge < -0.3 is 5.32 Å². The van der Waals surface area contributed by atoms with Gasteiger partial charge in [0, 0.05) is 29.7 Å². The number of nitrogens with zero attached hydrogens (tertiary/aromatic N) is 1. The topological polar surface area (TPSA) is 66.5 Å². The van der Waals surface area contributed by atoms with Crippen LogP contribution in [-0.4, -0.2) is 31.7 Å². The zero-order chi connectivity index (χ0) is 18.7. The van der Waals surface area contributed by atoms with Crippen molar-refractivity contribution < 1.29 is 17.6 Å².